The van der Waals surface area contributed by atoms with Crippen molar-refractivity contribution in [3.63, 3.8) is 0 Å². The molecule has 0 atom stereocenters. The minimum Gasteiger partial charge on any atom is -0.507 e. The van der Waals surface area contributed by atoms with Crippen LogP contribution in [0.25, 0.3) is 5.69 Å². The molecule has 1 N–H and O–H groups in total. The molecule has 0 unspecified atom stereocenters. The van der Waals surface area contributed by atoms with Crippen LogP contribution >= 0.6 is 0 Å². The quantitative estimate of drug-likeness (QED) is 0.690. The van der Waals surface area contributed by atoms with Crippen molar-refractivity contribution >= 4 is 11.8 Å². The van der Waals surface area contributed by atoms with Crippen LogP contribution in [0.5, 0.6) is 5.75 Å². The summed E-state index contributed by atoms with van der Waals surface area (Å²) in [5.41, 5.74) is 0.442. The van der Waals surface area contributed by atoms with Crippen molar-refractivity contribution in [3.8, 4) is 11.4 Å². The van der Waals surface area contributed by atoms with Crippen molar-refractivity contribution in [3.05, 3.63) is 57.5 Å². The summed E-state index contributed by atoms with van der Waals surface area (Å²) in [5.74, 6) is -1.33. The summed E-state index contributed by atoms with van der Waals surface area (Å²) in [6, 6.07) is 7.54. The highest BCUT2D eigenvalue weighted by Gasteiger charge is 2.17. The number of carbonyl (C=O) groups excluding carboxylic acids is 2. The van der Waals surface area contributed by atoms with Crippen LogP contribution in [0.4, 0.5) is 0 Å². The molecule has 22 heavy (non-hydrogen) atoms. The normalized spacial score (nSPS) is 10.3. The molecule has 2 rings (SSSR count). The highest BCUT2D eigenvalue weighted by Crippen LogP contribution is 2.18. The number of aromatic nitrogens is 1. The predicted molar refractivity (Wildman–Crippen MR) is 79.8 cm³/mol. The Labute approximate surface area is 126 Å². The van der Waals surface area contributed by atoms with Gasteiger partial charge in [0.1, 0.15) is 11.3 Å². The number of aryl methyl sites for hydroxylation is 1. The first-order valence-electron chi connectivity index (χ1n) is 6.52. The van der Waals surface area contributed by atoms with E-state index in [4.69, 9.17) is 0 Å². The number of benzene rings is 1. The van der Waals surface area contributed by atoms with E-state index >= 15 is 0 Å². The minimum absolute atomic E-state index is 0.261. The van der Waals surface area contributed by atoms with Crippen molar-refractivity contribution in [2.75, 3.05) is 7.11 Å². The number of Topliss-reactive ketones (excluding diaryl/α,β-unsaturated/α-hetero) is 1. The third-order valence-corrected chi connectivity index (χ3v) is 3.27. The van der Waals surface area contributed by atoms with Crippen molar-refractivity contribution in [1.29, 1.82) is 0 Å². The average Bonchev–Trinajstić information content (AvgIpc) is 2.46. The number of nitrogens with zero attached hydrogens (tertiary/aromatic N) is 1. The van der Waals surface area contributed by atoms with Gasteiger partial charge in [-0.25, -0.2) is 4.79 Å². The number of methoxy groups -OCH3 is 1. The second-order valence-electron chi connectivity index (χ2n) is 4.78. The summed E-state index contributed by atoms with van der Waals surface area (Å²) in [4.78, 5) is 35.4. The summed E-state index contributed by atoms with van der Waals surface area (Å²) in [5, 5.41) is 9.77. The number of hydrogen-bond donors (Lipinski definition) is 1. The predicted octanol–water partition coefficient (Wildman–Crippen LogP) is 1.84. The number of aromatic hydroxyl groups is 1. The summed E-state index contributed by atoms with van der Waals surface area (Å²) < 4.78 is 5.91. The Hall–Kier alpha value is -2.89. The summed E-state index contributed by atoms with van der Waals surface area (Å²) in [6.07, 6.45) is 0. The van der Waals surface area contributed by atoms with Gasteiger partial charge in [0, 0.05) is 17.4 Å². The Balaban J connectivity index is 2.63. The summed E-state index contributed by atoms with van der Waals surface area (Å²) in [7, 11) is 1.28. The standard InChI is InChI=1S/C16H15NO5/c1-9-8-13(19)14(10(2)18)15(20)17(9)12-6-4-11(5-7-12)16(21)22-3/h4-8,19H,1-3H3. The van der Waals surface area contributed by atoms with Gasteiger partial charge in [-0.05, 0) is 38.1 Å². The maximum atomic E-state index is 12.4. The summed E-state index contributed by atoms with van der Waals surface area (Å²) >= 11 is 0. The molecule has 0 bridgehead atoms. The number of pyridine rings is 1. The first-order valence-corrected chi connectivity index (χ1v) is 6.52. The van der Waals surface area contributed by atoms with Gasteiger partial charge in [-0.15, -0.1) is 0 Å². The van der Waals surface area contributed by atoms with Gasteiger partial charge in [0.15, 0.2) is 5.78 Å². The largest absolute Gasteiger partial charge is 0.507 e. The SMILES string of the molecule is COC(=O)c1ccc(-n2c(C)cc(O)c(C(C)=O)c2=O)cc1. The molecule has 0 radical (unpaired) electrons. The van der Waals surface area contributed by atoms with Crippen LogP contribution in [0.1, 0.15) is 33.3 Å². The average molecular weight is 301 g/mol. The molecule has 1 aromatic heterocycles. The Morgan fingerprint density at radius 2 is 1.77 bits per heavy atom. The molecule has 0 spiro atoms. The molecule has 0 aliphatic heterocycles. The number of carbonyl (C=O) groups is 2. The molecule has 0 fully saturated rings. The van der Waals surface area contributed by atoms with Crippen LogP contribution in [0.2, 0.25) is 0 Å². The van der Waals surface area contributed by atoms with E-state index in [-0.39, 0.29) is 11.3 Å². The second-order valence-corrected chi connectivity index (χ2v) is 4.78. The lowest BCUT2D eigenvalue weighted by Gasteiger charge is -2.13. The monoisotopic (exact) mass is 301 g/mol. The van der Waals surface area contributed by atoms with E-state index in [1.807, 2.05) is 0 Å². The number of hydrogen-bond acceptors (Lipinski definition) is 5. The van der Waals surface area contributed by atoms with E-state index in [2.05, 4.69) is 4.74 Å². The van der Waals surface area contributed by atoms with Crippen molar-refractivity contribution in [2.45, 2.75) is 13.8 Å². The van der Waals surface area contributed by atoms with Crippen LogP contribution in [0.15, 0.2) is 35.1 Å². The van der Waals surface area contributed by atoms with Gasteiger partial charge in [0.25, 0.3) is 5.56 Å². The third-order valence-electron chi connectivity index (χ3n) is 3.27. The van der Waals surface area contributed by atoms with E-state index in [1.54, 1.807) is 19.1 Å². The zero-order valence-electron chi connectivity index (χ0n) is 12.4. The molecule has 1 heterocycles. The van der Waals surface area contributed by atoms with Gasteiger partial charge in [0.05, 0.1) is 12.7 Å². The molecule has 0 saturated carbocycles. The van der Waals surface area contributed by atoms with Gasteiger partial charge in [0.2, 0.25) is 0 Å². The van der Waals surface area contributed by atoms with Crippen molar-refractivity contribution in [2.24, 2.45) is 0 Å². The highest BCUT2D eigenvalue weighted by atomic mass is 16.5. The fourth-order valence-electron chi connectivity index (χ4n) is 2.23. The number of rotatable bonds is 3. The van der Waals surface area contributed by atoms with Crippen LogP contribution in [-0.4, -0.2) is 28.5 Å². The Morgan fingerprint density at radius 1 is 1.18 bits per heavy atom. The van der Waals surface area contributed by atoms with Crippen LogP contribution < -0.4 is 5.56 Å². The van der Waals surface area contributed by atoms with Gasteiger partial charge in [-0.1, -0.05) is 0 Å². The molecular formula is C16H15NO5. The number of ketones is 1. The topological polar surface area (TPSA) is 85.6 Å². The van der Waals surface area contributed by atoms with Gasteiger partial charge in [-0.2, -0.15) is 0 Å². The Bertz CT molecular complexity index is 803. The van der Waals surface area contributed by atoms with E-state index in [0.29, 0.717) is 16.9 Å². The zero-order valence-corrected chi connectivity index (χ0v) is 12.4. The molecular weight excluding hydrogens is 286 g/mol. The maximum absolute atomic E-state index is 12.4. The van der Waals surface area contributed by atoms with E-state index in [0.717, 1.165) is 0 Å². The molecule has 0 aliphatic carbocycles. The molecule has 0 amide bonds. The fourth-order valence-corrected chi connectivity index (χ4v) is 2.23. The van der Waals surface area contributed by atoms with Crippen LogP contribution in [0, 0.1) is 6.92 Å². The zero-order chi connectivity index (χ0) is 16.4. The van der Waals surface area contributed by atoms with Crippen molar-refractivity contribution < 1.29 is 19.4 Å². The molecule has 0 saturated heterocycles. The molecule has 6 nitrogen and oxygen atoms in total. The summed E-state index contributed by atoms with van der Waals surface area (Å²) in [6.45, 7) is 2.86. The lowest BCUT2D eigenvalue weighted by molar-refractivity contribution is 0.0600. The highest BCUT2D eigenvalue weighted by molar-refractivity contribution is 5.96. The molecule has 2 aromatic rings. The van der Waals surface area contributed by atoms with Gasteiger partial charge < -0.3 is 9.84 Å². The minimum atomic E-state index is -0.601. The lowest BCUT2D eigenvalue weighted by Crippen LogP contribution is -2.26. The van der Waals surface area contributed by atoms with Crippen molar-refractivity contribution in [1.82, 2.24) is 4.57 Å². The first kappa shape index (κ1) is 15.5. The second kappa shape index (κ2) is 5.85. The molecule has 6 heteroatoms. The van der Waals surface area contributed by atoms with E-state index in [9.17, 15) is 19.5 Å². The van der Waals surface area contributed by atoms with Gasteiger partial charge in [-0.3, -0.25) is 14.2 Å². The third kappa shape index (κ3) is 2.63. The molecule has 114 valence electrons. The van der Waals surface area contributed by atoms with Crippen LogP contribution in [0.3, 0.4) is 0 Å². The van der Waals surface area contributed by atoms with E-state index in [1.165, 1.54) is 36.8 Å². The Morgan fingerprint density at radius 3 is 2.27 bits per heavy atom. The smallest absolute Gasteiger partial charge is 0.337 e. The lowest BCUT2D eigenvalue weighted by atomic mass is 10.1. The Kier molecular flexibility index (Phi) is 4.12. The van der Waals surface area contributed by atoms with Gasteiger partial charge >= 0.3 is 5.97 Å². The van der Waals surface area contributed by atoms with E-state index < -0.39 is 17.3 Å². The molecule has 1 aromatic carbocycles. The molecule has 0 aliphatic rings. The fraction of sp³-hybridized carbons (Fsp3) is 0.188. The maximum Gasteiger partial charge on any atom is 0.337 e. The number of esters is 1. The first-order chi connectivity index (χ1) is 10.4. The number of ether oxygens (including phenoxy) is 1. The van der Waals surface area contributed by atoms with Crippen LogP contribution in [-0.2, 0) is 4.74 Å².